The average molecular weight is 508 g/mol. The minimum atomic E-state index is -0.375. The number of benzene rings is 1. The lowest BCUT2D eigenvalue weighted by Gasteiger charge is -2.23. The Bertz CT molecular complexity index is 1160. The molecule has 12 heteroatoms. The lowest BCUT2D eigenvalue weighted by molar-refractivity contribution is 0.0916. The zero-order valence-corrected chi connectivity index (χ0v) is 20.2. The van der Waals surface area contributed by atoms with E-state index in [2.05, 4.69) is 26.7 Å². The van der Waals surface area contributed by atoms with Crippen molar-refractivity contribution < 1.29 is 9.18 Å². The smallest absolute Gasteiger partial charge is 0.273 e. The van der Waals surface area contributed by atoms with Crippen LogP contribution in [-0.4, -0.2) is 42.6 Å². The van der Waals surface area contributed by atoms with Gasteiger partial charge in [-0.2, -0.15) is 0 Å². The van der Waals surface area contributed by atoms with E-state index in [4.69, 9.17) is 11.6 Å². The molecule has 0 saturated heterocycles. The Morgan fingerprint density at radius 2 is 2.06 bits per heavy atom. The van der Waals surface area contributed by atoms with E-state index in [0.717, 1.165) is 4.90 Å². The molecule has 7 nitrogen and oxygen atoms in total. The third-order valence-electron chi connectivity index (χ3n) is 4.28. The predicted molar refractivity (Wildman–Crippen MR) is 124 cm³/mol. The number of hydrogen-bond acceptors (Lipinski definition) is 8. The standard InChI is InChI=1S/C20H17ClFN6OS3/c1-3-28-10-15(21)31-19(28)25-18(29)17-14(30-13-6-4-12(22)5-7-13)8-9-16(24-17)32-20-26-23-11-27(20)2/h4-9,11,19H,3H2,1-2H3,(H,25,29). The van der Waals surface area contributed by atoms with Crippen LogP contribution in [0.1, 0.15) is 17.4 Å². The van der Waals surface area contributed by atoms with Crippen LogP contribution in [0, 0.1) is 12.0 Å². The van der Waals surface area contributed by atoms with Crippen LogP contribution < -0.4 is 5.32 Å². The summed E-state index contributed by atoms with van der Waals surface area (Å²) in [6, 6.07) is 9.72. The number of aryl methyl sites for hydroxylation is 1. The number of amides is 1. The molecule has 165 valence electrons. The maximum atomic E-state index is 13.3. The van der Waals surface area contributed by atoms with Crippen LogP contribution in [0.5, 0.6) is 0 Å². The molecule has 1 aromatic carbocycles. The number of aromatic nitrogens is 4. The predicted octanol–water partition coefficient (Wildman–Crippen LogP) is 4.57. The molecule has 1 atom stereocenters. The van der Waals surface area contributed by atoms with Gasteiger partial charge in [0, 0.05) is 23.4 Å². The molecule has 1 radical (unpaired) electrons. The van der Waals surface area contributed by atoms with Crippen LogP contribution >= 0.6 is 46.9 Å². The summed E-state index contributed by atoms with van der Waals surface area (Å²) >= 11 is 10.0. The molecule has 1 unspecified atom stereocenters. The van der Waals surface area contributed by atoms with Crippen molar-refractivity contribution in [1.29, 1.82) is 0 Å². The number of halogens is 2. The van der Waals surface area contributed by atoms with Crippen molar-refractivity contribution in [3.05, 3.63) is 64.8 Å². The fourth-order valence-corrected chi connectivity index (χ4v) is 5.57. The fraction of sp³-hybridized carbons (Fsp3) is 0.200. The van der Waals surface area contributed by atoms with E-state index in [1.54, 1.807) is 23.0 Å². The monoisotopic (exact) mass is 507 g/mol. The fourth-order valence-electron chi connectivity index (χ4n) is 2.71. The quantitative estimate of drug-likeness (QED) is 0.498. The highest BCUT2D eigenvalue weighted by molar-refractivity contribution is 8.05. The van der Waals surface area contributed by atoms with Crippen molar-refractivity contribution in [2.24, 2.45) is 7.05 Å². The number of thioether (sulfide) groups is 1. The van der Waals surface area contributed by atoms with Gasteiger partial charge in [0.1, 0.15) is 27.2 Å². The molecule has 0 fully saturated rings. The number of nitrogens with zero attached hydrogens (tertiary/aromatic N) is 5. The summed E-state index contributed by atoms with van der Waals surface area (Å²) in [4.78, 5) is 21.1. The first-order chi connectivity index (χ1) is 15.4. The molecule has 2 aromatic heterocycles. The van der Waals surface area contributed by atoms with E-state index in [1.807, 2.05) is 31.0 Å². The summed E-state index contributed by atoms with van der Waals surface area (Å²) in [6.07, 6.45) is 4.59. The van der Waals surface area contributed by atoms with E-state index in [1.165, 1.54) is 47.4 Å². The SMILES string of the molecule is CCN1[C]=C(Cl)SC1NC(=O)c1nc(Sc2nncn2C)ccc1Sc1ccc(F)cc1. The van der Waals surface area contributed by atoms with Crippen molar-refractivity contribution in [2.45, 2.75) is 32.4 Å². The third-order valence-corrected chi connectivity index (χ3v) is 7.57. The van der Waals surface area contributed by atoms with E-state index in [0.29, 0.717) is 26.0 Å². The van der Waals surface area contributed by atoms with Gasteiger partial charge in [-0.15, -0.1) is 10.2 Å². The van der Waals surface area contributed by atoms with Crippen molar-refractivity contribution in [1.82, 2.24) is 30.0 Å². The molecular weight excluding hydrogens is 491 g/mol. The molecule has 1 aliphatic heterocycles. The largest absolute Gasteiger partial charge is 0.339 e. The van der Waals surface area contributed by atoms with Gasteiger partial charge in [0.05, 0.1) is 6.20 Å². The van der Waals surface area contributed by atoms with Gasteiger partial charge in [-0.05, 0) is 55.1 Å². The Morgan fingerprint density at radius 3 is 2.75 bits per heavy atom. The van der Waals surface area contributed by atoms with Gasteiger partial charge < -0.3 is 14.8 Å². The molecule has 4 rings (SSSR count). The van der Waals surface area contributed by atoms with Gasteiger partial charge in [0.15, 0.2) is 10.7 Å². The number of carbonyl (C=O) groups is 1. The van der Waals surface area contributed by atoms with Gasteiger partial charge in [-0.3, -0.25) is 4.79 Å². The second-order valence-electron chi connectivity index (χ2n) is 6.49. The molecular formula is C20H17ClFN6OS3. The van der Waals surface area contributed by atoms with Crippen molar-refractivity contribution in [3.63, 3.8) is 0 Å². The van der Waals surface area contributed by atoms with Gasteiger partial charge in [0.2, 0.25) is 0 Å². The molecule has 32 heavy (non-hydrogen) atoms. The van der Waals surface area contributed by atoms with E-state index < -0.39 is 0 Å². The van der Waals surface area contributed by atoms with Gasteiger partial charge >= 0.3 is 0 Å². The second kappa shape index (κ2) is 10.2. The summed E-state index contributed by atoms with van der Waals surface area (Å²) in [7, 11) is 1.83. The van der Waals surface area contributed by atoms with Gasteiger partial charge in [-0.25, -0.2) is 9.37 Å². The molecule has 3 heterocycles. The normalized spacial score (nSPS) is 15.7. The molecule has 1 aliphatic rings. The van der Waals surface area contributed by atoms with Crippen molar-refractivity contribution >= 4 is 52.8 Å². The lowest BCUT2D eigenvalue weighted by atomic mass is 10.3. The first kappa shape index (κ1) is 23.0. The molecule has 1 amide bonds. The van der Waals surface area contributed by atoms with Crippen LogP contribution in [-0.2, 0) is 7.05 Å². The summed E-state index contributed by atoms with van der Waals surface area (Å²) in [5, 5.41) is 12.1. The zero-order chi connectivity index (χ0) is 22.7. The van der Waals surface area contributed by atoms with Crippen molar-refractivity contribution in [3.8, 4) is 0 Å². The third kappa shape index (κ3) is 5.40. The van der Waals surface area contributed by atoms with Crippen LogP contribution in [0.4, 0.5) is 4.39 Å². The Morgan fingerprint density at radius 1 is 1.28 bits per heavy atom. The maximum Gasteiger partial charge on any atom is 0.273 e. The Hall–Kier alpha value is -2.21. The maximum absolute atomic E-state index is 13.3. The Kier molecular flexibility index (Phi) is 7.29. The van der Waals surface area contributed by atoms with E-state index in [9.17, 15) is 9.18 Å². The van der Waals surface area contributed by atoms with Crippen LogP contribution in [0.3, 0.4) is 0 Å². The summed E-state index contributed by atoms with van der Waals surface area (Å²) in [5.74, 6) is -0.668. The number of pyridine rings is 1. The summed E-state index contributed by atoms with van der Waals surface area (Å²) in [6.45, 7) is 2.59. The number of rotatable bonds is 7. The second-order valence-corrected chi connectivity index (χ2v) is 10.3. The summed E-state index contributed by atoms with van der Waals surface area (Å²) < 4.78 is 15.6. The summed E-state index contributed by atoms with van der Waals surface area (Å²) in [5.41, 5.74) is -0.119. The topological polar surface area (TPSA) is 75.9 Å². The van der Waals surface area contributed by atoms with Gasteiger partial charge in [-0.1, -0.05) is 35.1 Å². The zero-order valence-electron chi connectivity index (χ0n) is 17.0. The van der Waals surface area contributed by atoms with E-state index in [-0.39, 0.29) is 22.9 Å². The Labute approximate surface area is 202 Å². The molecule has 0 saturated carbocycles. The molecule has 1 N–H and O–H groups in total. The van der Waals surface area contributed by atoms with Crippen LogP contribution in [0.15, 0.2) is 67.1 Å². The molecule has 0 spiro atoms. The number of carbonyl (C=O) groups excluding carboxylic acids is 1. The Balaban J connectivity index is 1.62. The average Bonchev–Trinajstić information content (AvgIpc) is 3.34. The molecule has 0 aliphatic carbocycles. The first-order valence-corrected chi connectivity index (χ1v) is 12.3. The first-order valence-electron chi connectivity index (χ1n) is 9.42. The van der Waals surface area contributed by atoms with Crippen LogP contribution in [0.25, 0.3) is 0 Å². The number of hydrogen-bond donors (Lipinski definition) is 1. The highest BCUT2D eigenvalue weighted by Crippen LogP contribution is 2.35. The highest BCUT2D eigenvalue weighted by atomic mass is 35.5. The molecule has 3 aromatic rings. The minimum Gasteiger partial charge on any atom is -0.339 e. The highest BCUT2D eigenvalue weighted by Gasteiger charge is 2.28. The van der Waals surface area contributed by atoms with Gasteiger partial charge in [0.25, 0.3) is 5.91 Å². The minimum absolute atomic E-state index is 0.256. The molecule has 0 bridgehead atoms. The lowest BCUT2D eigenvalue weighted by Crippen LogP contribution is -2.42. The number of nitrogens with one attached hydrogen (secondary N) is 1. The van der Waals surface area contributed by atoms with Crippen LogP contribution in [0.2, 0.25) is 0 Å². The van der Waals surface area contributed by atoms with E-state index >= 15 is 0 Å². The van der Waals surface area contributed by atoms with Crippen molar-refractivity contribution in [2.75, 3.05) is 6.54 Å².